The van der Waals surface area contributed by atoms with Crippen LogP contribution >= 0.6 is 0 Å². The highest BCUT2D eigenvalue weighted by Gasteiger charge is 2.31. The molecule has 0 saturated carbocycles. The van der Waals surface area contributed by atoms with Crippen LogP contribution in [0.3, 0.4) is 0 Å². The van der Waals surface area contributed by atoms with E-state index in [0.29, 0.717) is 5.56 Å². The van der Waals surface area contributed by atoms with Crippen LogP contribution < -0.4 is 5.19 Å². The molecule has 0 bridgehead atoms. The number of nitrogens with zero attached hydrogens (tertiary/aromatic N) is 2. The van der Waals surface area contributed by atoms with E-state index in [1.807, 2.05) is 48.5 Å². The monoisotopic (exact) mass is 1360 g/mol. The molecule has 2 nitrogen and oxygen atoms in total. The van der Waals surface area contributed by atoms with Crippen LogP contribution in [0.1, 0.15) is 5.56 Å². The van der Waals surface area contributed by atoms with E-state index in [9.17, 15) is 13.2 Å². The highest BCUT2D eigenvalue weighted by Crippen LogP contribution is 2.46. The summed E-state index contributed by atoms with van der Waals surface area (Å²) in [4.78, 5) is 0. The number of hydrogen-bond acceptors (Lipinski definition) is 0. The summed E-state index contributed by atoms with van der Waals surface area (Å²) in [5.41, 5.74) is 28.5. The highest BCUT2D eigenvalue weighted by molar-refractivity contribution is 6.88. The van der Waals surface area contributed by atoms with Gasteiger partial charge in [-0.2, -0.15) is 13.2 Å². The summed E-state index contributed by atoms with van der Waals surface area (Å²) in [7, 11) is -1.37. The molecule has 500 valence electrons. The maximum atomic E-state index is 13.4. The highest BCUT2D eigenvalue weighted by atomic mass is 28.3. The molecular formula is C98H73F3N2Si. The second-order valence-corrected chi connectivity index (χ2v) is 32.7. The third kappa shape index (κ3) is 13.7. The molecule has 6 heteroatoms. The normalized spacial score (nSPS) is 11.6. The molecule has 17 rings (SSSR count). The lowest BCUT2D eigenvalue weighted by molar-refractivity contribution is -0.137. The van der Waals surface area contributed by atoms with Crippen molar-refractivity contribution in [3.8, 4) is 134 Å². The van der Waals surface area contributed by atoms with Gasteiger partial charge in [0.25, 0.3) is 0 Å². The van der Waals surface area contributed by atoms with Gasteiger partial charge in [0, 0.05) is 39.5 Å². The first-order chi connectivity index (χ1) is 50.8. The Morgan fingerprint density at radius 3 is 0.971 bits per heavy atom. The first-order valence-corrected chi connectivity index (χ1v) is 38.8. The standard InChI is InChI=1S/C53H43NSi.C45H30F3N/c1-55(2,3)49-34-29-43(30-35-49)42-27-32-48(33-28-42)54-51-36-31-47(44-21-19-40(20-22-44)38-13-7-4-8-14-38)37-50(51)52(53(54)46-17-11-6-12-18-46)45-25-23-41(24-26-45)39-15-9-5-10-16-39;46-45(47,48)40-13-7-12-38(28-40)36-22-25-41(26-23-36)49-30-43(37-20-18-34(19-21-37)32-10-5-2-6-11-32)42-29-39(24-27-44(42)49)35-16-14-33(15-17-35)31-8-3-1-4-9-31/h4-37H,1-3H3;1-30H. The van der Waals surface area contributed by atoms with Gasteiger partial charge in [-0.05, 0) is 166 Å². The number of alkyl halides is 3. The number of halogens is 3. The van der Waals surface area contributed by atoms with Gasteiger partial charge in [-0.15, -0.1) is 0 Å². The van der Waals surface area contributed by atoms with E-state index in [4.69, 9.17) is 0 Å². The Bertz CT molecular complexity index is 5810. The minimum Gasteiger partial charge on any atom is -0.316 e. The predicted octanol–water partition coefficient (Wildman–Crippen LogP) is 27.2. The first-order valence-electron chi connectivity index (χ1n) is 35.3. The van der Waals surface area contributed by atoms with E-state index in [1.165, 1.54) is 112 Å². The predicted molar refractivity (Wildman–Crippen MR) is 434 cm³/mol. The Hall–Kier alpha value is -12.6. The van der Waals surface area contributed by atoms with Crippen molar-refractivity contribution >= 4 is 35.1 Å². The average molecular weight is 1360 g/mol. The number of rotatable bonds is 14. The van der Waals surface area contributed by atoms with E-state index >= 15 is 0 Å². The molecule has 0 amide bonds. The third-order valence-corrected chi connectivity index (χ3v) is 22.0. The molecule has 0 radical (unpaired) electrons. The van der Waals surface area contributed by atoms with Crippen molar-refractivity contribution < 1.29 is 13.2 Å². The molecule has 104 heavy (non-hydrogen) atoms. The lowest BCUT2D eigenvalue weighted by Gasteiger charge is -2.17. The van der Waals surface area contributed by atoms with Gasteiger partial charge in [-0.3, -0.25) is 0 Å². The molecule has 0 atom stereocenters. The summed E-state index contributed by atoms with van der Waals surface area (Å²) in [5, 5.41) is 3.82. The van der Waals surface area contributed by atoms with E-state index in [0.717, 1.165) is 61.7 Å². The summed E-state index contributed by atoms with van der Waals surface area (Å²) >= 11 is 0. The Morgan fingerprint density at radius 2 is 0.558 bits per heavy atom. The summed E-state index contributed by atoms with van der Waals surface area (Å²) in [6.07, 6.45) is -2.23. The number of fused-ring (bicyclic) bond motifs is 2. The first kappa shape index (κ1) is 66.0. The van der Waals surface area contributed by atoms with Gasteiger partial charge in [-0.1, -0.05) is 346 Å². The lowest BCUT2D eigenvalue weighted by Crippen LogP contribution is -2.37. The molecule has 0 spiro atoms. The van der Waals surface area contributed by atoms with Gasteiger partial charge in [0.05, 0.1) is 30.4 Å². The minimum absolute atomic E-state index is 0.529. The third-order valence-electron chi connectivity index (χ3n) is 19.9. The second kappa shape index (κ2) is 28.4. The van der Waals surface area contributed by atoms with Crippen LogP contribution in [0.4, 0.5) is 13.2 Å². The van der Waals surface area contributed by atoms with Crippen molar-refractivity contribution in [1.82, 2.24) is 9.13 Å². The Labute approximate surface area is 607 Å². The lowest BCUT2D eigenvalue weighted by atomic mass is 9.94. The maximum absolute atomic E-state index is 13.4. The average Bonchev–Trinajstić information content (AvgIpc) is 1.57. The van der Waals surface area contributed by atoms with Crippen LogP contribution in [0.2, 0.25) is 19.6 Å². The topological polar surface area (TPSA) is 9.86 Å². The largest absolute Gasteiger partial charge is 0.416 e. The van der Waals surface area contributed by atoms with Crippen LogP contribution in [-0.4, -0.2) is 17.2 Å². The molecular weight excluding hydrogens is 1290 g/mol. The van der Waals surface area contributed by atoms with E-state index in [2.05, 4.69) is 344 Å². The van der Waals surface area contributed by atoms with Crippen LogP contribution in [0, 0.1) is 0 Å². The van der Waals surface area contributed by atoms with Gasteiger partial charge < -0.3 is 9.13 Å². The second-order valence-electron chi connectivity index (χ2n) is 27.6. The van der Waals surface area contributed by atoms with Crippen molar-refractivity contribution in [3.63, 3.8) is 0 Å². The van der Waals surface area contributed by atoms with Crippen molar-refractivity contribution in [2.24, 2.45) is 0 Å². The Morgan fingerprint density at radius 1 is 0.250 bits per heavy atom. The van der Waals surface area contributed by atoms with Crippen molar-refractivity contribution in [3.05, 3.63) is 394 Å². The Balaban J connectivity index is 0.000000161. The van der Waals surface area contributed by atoms with Crippen molar-refractivity contribution in [2.75, 3.05) is 0 Å². The fourth-order valence-electron chi connectivity index (χ4n) is 14.3. The molecule has 0 aliphatic rings. The minimum atomic E-state index is -4.39. The van der Waals surface area contributed by atoms with Gasteiger partial charge >= 0.3 is 6.18 Å². The molecule has 0 N–H and O–H groups in total. The van der Waals surface area contributed by atoms with E-state index < -0.39 is 19.8 Å². The number of aromatic nitrogens is 2. The fourth-order valence-corrected chi connectivity index (χ4v) is 15.5. The summed E-state index contributed by atoms with van der Waals surface area (Å²) in [5.74, 6) is 0. The zero-order valence-electron chi connectivity index (χ0n) is 58.0. The molecule has 0 aliphatic carbocycles. The van der Waals surface area contributed by atoms with Crippen LogP contribution in [0.25, 0.3) is 156 Å². The molecule has 0 fully saturated rings. The van der Waals surface area contributed by atoms with Gasteiger partial charge in [-0.25, -0.2) is 0 Å². The van der Waals surface area contributed by atoms with Crippen LogP contribution in [-0.2, 0) is 6.18 Å². The fraction of sp³-hybridized carbons (Fsp3) is 0.0408. The Kier molecular flexibility index (Phi) is 18.0. The smallest absolute Gasteiger partial charge is 0.316 e. The maximum Gasteiger partial charge on any atom is 0.416 e. The molecule has 2 aromatic heterocycles. The molecule has 0 aliphatic heterocycles. The van der Waals surface area contributed by atoms with Gasteiger partial charge in [0.1, 0.15) is 0 Å². The van der Waals surface area contributed by atoms with Crippen LogP contribution in [0.15, 0.2) is 388 Å². The molecule has 17 aromatic rings. The number of hydrogen-bond donors (Lipinski definition) is 0. The number of benzene rings is 15. The van der Waals surface area contributed by atoms with Gasteiger partial charge in [0.2, 0.25) is 0 Å². The summed E-state index contributed by atoms with van der Waals surface area (Å²) < 4.78 is 44.8. The summed E-state index contributed by atoms with van der Waals surface area (Å²) in [6, 6.07) is 133. The van der Waals surface area contributed by atoms with Crippen LogP contribution in [0.5, 0.6) is 0 Å². The zero-order valence-corrected chi connectivity index (χ0v) is 59.0. The quantitative estimate of drug-likeness (QED) is 0.0961. The van der Waals surface area contributed by atoms with E-state index in [1.54, 1.807) is 6.07 Å². The van der Waals surface area contributed by atoms with E-state index in [-0.39, 0.29) is 0 Å². The zero-order chi connectivity index (χ0) is 70.7. The molecule has 2 heterocycles. The molecule has 0 unspecified atom stereocenters. The van der Waals surface area contributed by atoms with Crippen molar-refractivity contribution in [1.29, 1.82) is 0 Å². The summed E-state index contributed by atoms with van der Waals surface area (Å²) in [6.45, 7) is 7.21. The SMILES string of the molecule is C[Si](C)(C)c1ccc(-c2ccc(-n3c(-c4ccccc4)c(-c4ccc(-c5ccccc5)cc4)c4cc(-c5ccc(-c6ccccc6)cc5)ccc43)cc2)cc1.FC(F)(F)c1cccc(-c2ccc(-n3cc(-c4ccc(-c5ccccc5)cc4)c4cc(-c5ccc(-c6ccccc6)cc5)ccc43)cc2)c1. The molecule has 0 saturated heterocycles. The van der Waals surface area contributed by atoms with Gasteiger partial charge in [0.15, 0.2) is 0 Å². The molecule has 15 aromatic carbocycles. The van der Waals surface area contributed by atoms with Crippen molar-refractivity contribution in [2.45, 2.75) is 25.8 Å².